The van der Waals surface area contributed by atoms with Gasteiger partial charge in [0.15, 0.2) is 0 Å². The number of carbonyl (C=O) groups is 1. The monoisotopic (exact) mass is 208 g/mol. The Kier molecular flexibility index (Phi) is 1.91. The second-order valence-electron chi connectivity index (χ2n) is 6.08. The third kappa shape index (κ3) is 1.19. The van der Waals surface area contributed by atoms with Crippen LogP contribution in [0.3, 0.4) is 0 Å². The molecule has 0 radical (unpaired) electrons. The van der Waals surface area contributed by atoms with Crippen LogP contribution < -0.4 is 11.3 Å². The zero-order valence-electron chi connectivity index (χ0n) is 9.33. The van der Waals surface area contributed by atoms with Crippen molar-refractivity contribution in [3.05, 3.63) is 0 Å². The molecule has 0 aromatic rings. The fraction of sp³-hybridized carbons (Fsp3) is 0.917. The molecule has 4 fully saturated rings. The van der Waals surface area contributed by atoms with E-state index in [9.17, 15) is 4.79 Å². The lowest BCUT2D eigenvalue weighted by molar-refractivity contribution is -0.152. The summed E-state index contributed by atoms with van der Waals surface area (Å²) in [6, 6.07) is 0. The molecular weight excluding hydrogens is 188 g/mol. The lowest BCUT2D eigenvalue weighted by Gasteiger charge is -2.58. The van der Waals surface area contributed by atoms with Gasteiger partial charge < -0.3 is 0 Å². The maximum atomic E-state index is 11.9. The van der Waals surface area contributed by atoms with E-state index < -0.39 is 0 Å². The number of nitrogens with one attached hydrogen (secondary N) is 1. The van der Waals surface area contributed by atoms with Gasteiger partial charge in [-0.05, 0) is 55.8 Å². The Morgan fingerprint density at radius 2 is 1.87 bits per heavy atom. The summed E-state index contributed by atoms with van der Waals surface area (Å²) in [5.74, 6) is 8.64. The molecular formula is C12H20N2O. The first-order valence-corrected chi connectivity index (χ1v) is 6.16. The third-order valence-corrected chi connectivity index (χ3v) is 5.36. The van der Waals surface area contributed by atoms with Gasteiger partial charge in [0.25, 0.3) is 0 Å². The lowest BCUT2D eigenvalue weighted by Crippen LogP contribution is -2.57. The zero-order valence-corrected chi connectivity index (χ0v) is 9.33. The van der Waals surface area contributed by atoms with Crippen molar-refractivity contribution in [3.63, 3.8) is 0 Å². The zero-order chi connectivity index (χ0) is 10.6. The van der Waals surface area contributed by atoms with Crippen molar-refractivity contribution >= 4 is 5.91 Å². The van der Waals surface area contributed by atoms with Gasteiger partial charge in [-0.1, -0.05) is 6.92 Å². The summed E-state index contributed by atoms with van der Waals surface area (Å²) in [4.78, 5) is 11.9. The van der Waals surface area contributed by atoms with E-state index in [4.69, 9.17) is 5.84 Å². The Morgan fingerprint density at radius 1 is 1.27 bits per heavy atom. The molecule has 0 saturated heterocycles. The van der Waals surface area contributed by atoms with Crippen LogP contribution in [0.5, 0.6) is 0 Å². The fourth-order valence-electron chi connectivity index (χ4n) is 4.71. The summed E-state index contributed by atoms with van der Waals surface area (Å²) in [7, 11) is 0. The normalized spacial score (nSPS) is 51.9. The third-order valence-electron chi connectivity index (χ3n) is 5.36. The van der Waals surface area contributed by atoms with Crippen LogP contribution >= 0.6 is 0 Å². The second kappa shape index (κ2) is 2.97. The van der Waals surface area contributed by atoms with Crippen LogP contribution in [-0.2, 0) is 4.79 Å². The highest BCUT2D eigenvalue weighted by Gasteiger charge is 2.56. The average molecular weight is 208 g/mol. The summed E-state index contributed by atoms with van der Waals surface area (Å²) < 4.78 is 0. The molecule has 0 aromatic heterocycles. The number of carbonyl (C=O) groups excluding carboxylic acids is 1. The quantitative estimate of drug-likeness (QED) is 0.389. The van der Waals surface area contributed by atoms with Gasteiger partial charge in [-0.2, -0.15) is 0 Å². The minimum atomic E-state index is -0.0856. The summed E-state index contributed by atoms with van der Waals surface area (Å²) in [5, 5.41) is 0. The number of amides is 1. The van der Waals surface area contributed by atoms with Crippen molar-refractivity contribution < 1.29 is 4.79 Å². The van der Waals surface area contributed by atoms with Crippen LogP contribution in [0, 0.1) is 29.1 Å². The number of hydrogen-bond acceptors (Lipinski definition) is 2. The Bertz CT molecular complexity index is 286. The molecule has 0 aliphatic heterocycles. The predicted octanol–water partition coefficient (Wildman–Crippen LogP) is 1.44. The summed E-state index contributed by atoms with van der Waals surface area (Å²) in [5.41, 5.74) is 2.31. The predicted molar refractivity (Wildman–Crippen MR) is 57.5 cm³/mol. The molecule has 2 unspecified atom stereocenters. The summed E-state index contributed by atoms with van der Waals surface area (Å²) in [6.45, 7) is 2.38. The molecule has 2 atom stereocenters. The van der Waals surface area contributed by atoms with Gasteiger partial charge in [-0.25, -0.2) is 5.84 Å². The smallest absolute Gasteiger partial charge is 0.240 e. The van der Waals surface area contributed by atoms with E-state index in [1.54, 1.807) is 0 Å². The summed E-state index contributed by atoms with van der Waals surface area (Å²) in [6.07, 6.45) is 5.98. The van der Waals surface area contributed by atoms with Gasteiger partial charge in [0.05, 0.1) is 5.41 Å². The van der Waals surface area contributed by atoms with Crippen LogP contribution in [0.15, 0.2) is 0 Å². The second-order valence-corrected chi connectivity index (χ2v) is 6.08. The van der Waals surface area contributed by atoms with Crippen molar-refractivity contribution in [2.45, 2.75) is 39.0 Å². The van der Waals surface area contributed by atoms with E-state index in [0.717, 1.165) is 42.9 Å². The van der Waals surface area contributed by atoms with Crippen molar-refractivity contribution in [2.75, 3.05) is 0 Å². The molecule has 4 saturated carbocycles. The highest BCUT2D eigenvalue weighted by atomic mass is 16.2. The van der Waals surface area contributed by atoms with Crippen molar-refractivity contribution in [3.8, 4) is 0 Å². The maximum Gasteiger partial charge on any atom is 0.240 e. The average Bonchev–Trinajstić information content (AvgIpc) is 2.23. The van der Waals surface area contributed by atoms with Gasteiger partial charge in [0, 0.05) is 0 Å². The highest BCUT2D eigenvalue weighted by molar-refractivity contribution is 5.82. The first-order chi connectivity index (χ1) is 7.14. The molecule has 4 rings (SSSR count). The van der Waals surface area contributed by atoms with Crippen LogP contribution in [0.4, 0.5) is 0 Å². The molecule has 4 aliphatic carbocycles. The molecule has 4 bridgehead atoms. The van der Waals surface area contributed by atoms with Crippen molar-refractivity contribution in [1.29, 1.82) is 0 Å². The summed E-state index contributed by atoms with van der Waals surface area (Å²) >= 11 is 0. The van der Waals surface area contributed by atoms with Gasteiger partial charge in [0.2, 0.25) is 5.91 Å². The first kappa shape index (κ1) is 9.64. The molecule has 3 heteroatoms. The Labute approximate surface area is 90.8 Å². The molecule has 0 aromatic carbocycles. The maximum absolute atomic E-state index is 11.9. The van der Waals surface area contributed by atoms with E-state index >= 15 is 0 Å². The minimum absolute atomic E-state index is 0.0856. The molecule has 4 aliphatic rings. The van der Waals surface area contributed by atoms with E-state index in [2.05, 4.69) is 12.3 Å². The van der Waals surface area contributed by atoms with E-state index in [0.29, 0.717) is 0 Å². The topological polar surface area (TPSA) is 55.1 Å². The highest BCUT2D eigenvalue weighted by Crippen LogP contribution is 2.62. The van der Waals surface area contributed by atoms with E-state index in [-0.39, 0.29) is 11.3 Å². The van der Waals surface area contributed by atoms with Gasteiger partial charge in [0.1, 0.15) is 0 Å². The largest absolute Gasteiger partial charge is 0.294 e. The first-order valence-electron chi connectivity index (χ1n) is 6.16. The van der Waals surface area contributed by atoms with Gasteiger partial charge >= 0.3 is 0 Å². The number of hydrazine groups is 1. The van der Waals surface area contributed by atoms with Gasteiger partial charge in [-0.3, -0.25) is 10.2 Å². The molecule has 84 valence electrons. The van der Waals surface area contributed by atoms with Crippen LogP contribution in [0.1, 0.15) is 39.0 Å². The molecule has 1 amide bonds. The molecule has 15 heavy (non-hydrogen) atoms. The minimum Gasteiger partial charge on any atom is -0.294 e. The fourth-order valence-corrected chi connectivity index (χ4v) is 4.71. The Morgan fingerprint density at radius 3 is 2.40 bits per heavy atom. The van der Waals surface area contributed by atoms with E-state index in [1.165, 1.54) is 12.8 Å². The SMILES string of the molecule is CC1C2CC3CC1CC(C(=O)NN)(C3)C2. The van der Waals surface area contributed by atoms with E-state index in [1.807, 2.05) is 0 Å². The number of nitrogens with two attached hydrogens (primary N) is 1. The van der Waals surface area contributed by atoms with Crippen LogP contribution in [-0.4, -0.2) is 5.91 Å². The number of hydrogen-bond donors (Lipinski definition) is 2. The molecule has 3 N–H and O–H groups in total. The lowest BCUT2D eigenvalue weighted by atomic mass is 9.46. The van der Waals surface area contributed by atoms with Crippen LogP contribution in [0.25, 0.3) is 0 Å². The standard InChI is InChI=1S/C12H20N2O/c1-7-9-2-8-3-10(7)6-12(4-8,5-9)11(15)14-13/h7-10H,2-6,13H2,1H3,(H,14,15). The molecule has 3 nitrogen and oxygen atoms in total. The van der Waals surface area contributed by atoms with Crippen LogP contribution in [0.2, 0.25) is 0 Å². The Balaban J connectivity index is 1.92. The molecule has 0 spiro atoms. The van der Waals surface area contributed by atoms with Crippen molar-refractivity contribution in [1.82, 2.24) is 5.43 Å². The molecule has 0 heterocycles. The van der Waals surface area contributed by atoms with Gasteiger partial charge in [-0.15, -0.1) is 0 Å². The Hall–Kier alpha value is -0.570. The van der Waals surface area contributed by atoms with Crippen molar-refractivity contribution in [2.24, 2.45) is 34.9 Å². The number of rotatable bonds is 1.